The number of hydrogen-bond donors (Lipinski definition) is 2. The summed E-state index contributed by atoms with van der Waals surface area (Å²) in [5.41, 5.74) is 0.516. The molecule has 1 aliphatic heterocycles. The van der Waals surface area contributed by atoms with Crippen LogP contribution >= 0.6 is 0 Å². The van der Waals surface area contributed by atoms with Gasteiger partial charge in [0, 0.05) is 30.1 Å². The smallest absolute Gasteiger partial charge is 0.261 e. The molecule has 0 saturated heterocycles. The van der Waals surface area contributed by atoms with Crippen LogP contribution in [0.4, 0.5) is 0 Å². The maximum Gasteiger partial charge on any atom is 0.261 e. The molecule has 1 aromatic rings. The van der Waals surface area contributed by atoms with Crippen molar-refractivity contribution >= 4 is 23.6 Å². The first kappa shape index (κ1) is 21.0. The Morgan fingerprint density at radius 2 is 1.59 bits per heavy atom. The monoisotopic (exact) mass is 399 g/mol. The molecule has 0 atom stereocenters. The lowest BCUT2D eigenvalue weighted by Crippen LogP contribution is -2.40. The number of carbonyl (C=O) groups excluding carboxylic acids is 4. The molecule has 2 aliphatic rings. The SMILES string of the molecule is CC(C)(C)C(=O)NCCNC(=O)c1ccc2c(c1)C(=O)N(C1CCCCC1)C2=O. The average molecular weight is 399 g/mol. The van der Waals surface area contributed by atoms with Gasteiger partial charge in [-0.2, -0.15) is 0 Å². The third-order valence-electron chi connectivity index (χ3n) is 5.50. The van der Waals surface area contributed by atoms with E-state index in [-0.39, 0.29) is 36.2 Å². The number of imide groups is 1. The summed E-state index contributed by atoms with van der Waals surface area (Å²) >= 11 is 0. The first-order valence-electron chi connectivity index (χ1n) is 10.3. The molecule has 7 nitrogen and oxygen atoms in total. The Hall–Kier alpha value is -2.70. The summed E-state index contributed by atoms with van der Waals surface area (Å²) in [5, 5.41) is 5.50. The van der Waals surface area contributed by atoms with Gasteiger partial charge in [-0.05, 0) is 31.0 Å². The average Bonchev–Trinajstić information content (AvgIpc) is 2.94. The lowest BCUT2D eigenvalue weighted by Gasteiger charge is -2.29. The predicted octanol–water partition coefficient (Wildman–Crippen LogP) is 2.51. The fourth-order valence-electron chi connectivity index (χ4n) is 3.79. The minimum atomic E-state index is -0.485. The molecule has 1 heterocycles. The van der Waals surface area contributed by atoms with Crippen LogP contribution in [-0.4, -0.2) is 47.7 Å². The molecule has 7 heteroatoms. The highest BCUT2D eigenvalue weighted by atomic mass is 16.2. The third-order valence-corrected chi connectivity index (χ3v) is 5.50. The van der Waals surface area contributed by atoms with Crippen molar-refractivity contribution in [3.8, 4) is 0 Å². The predicted molar refractivity (Wildman–Crippen MR) is 109 cm³/mol. The van der Waals surface area contributed by atoms with Gasteiger partial charge < -0.3 is 10.6 Å². The van der Waals surface area contributed by atoms with Gasteiger partial charge in [0.1, 0.15) is 0 Å². The van der Waals surface area contributed by atoms with Crippen molar-refractivity contribution in [2.24, 2.45) is 5.41 Å². The summed E-state index contributed by atoms with van der Waals surface area (Å²) in [5.74, 6) is -0.983. The van der Waals surface area contributed by atoms with E-state index in [1.165, 1.54) is 11.0 Å². The molecule has 1 aromatic carbocycles. The van der Waals surface area contributed by atoms with Crippen molar-refractivity contribution < 1.29 is 19.2 Å². The van der Waals surface area contributed by atoms with Gasteiger partial charge in [0.15, 0.2) is 0 Å². The Bertz CT molecular complexity index is 835. The minimum Gasteiger partial charge on any atom is -0.354 e. The summed E-state index contributed by atoms with van der Waals surface area (Å²) < 4.78 is 0. The molecule has 3 rings (SSSR count). The van der Waals surface area contributed by atoms with Gasteiger partial charge in [-0.3, -0.25) is 24.1 Å². The van der Waals surface area contributed by atoms with E-state index in [2.05, 4.69) is 10.6 Å². The second-order valence-electron chi connectivity index (χ2n) is 8.79. The van der Waals surface area contributed by atoms with Crippen molar-refractivity contribution in [1.82, 2.24) is 15.5 Å². The number of nitrogens with zero attached hydrogens (tertiary/aromatic N) is 1. The van der Waals surface area contributed by atoms with Crippen LogP contribution in [0.15, 0.2) is 18.2 Å². The zero-order valence-corrected chi connectivity index (χ0v) is 17.3. The van der Waals surface area contributed by atoms with Crippen LogP contribution in [-0.2, 0) is 4.79 Å². The fourth-order valence-corrected chi connectivity index (χ4v) is 3.79. The van der Waals surface area contributed by atoms with Crippen LogP contribution in [0.2, 0.25) is 0 Å². The number of carbonyl (C=O) groups is 4. The van der Waals surface area contributed by atoms with Gasteiger partial charge in [0.25, 0.3) is 17.7 Å². The van der Waals surface area contributed by atoms with E-state index in [0.29, 0.717) is 23.2 Å². The van der Waals surface area contributed by atoms with Crippen LogP contribution in [0.3, 0.4) is 0 Å². The molecule has 1 fully saturated rings. The summed E-state index contributed by atoms with van der Waals surface area (Å²) in [4.78, 5) is 51.2. The standard InChI is InChI=1S/C22H29N3O4/c1-22(2,3)21(29)24-12-11-23-18(26)14-9-10-16-17(13-14)20(28)25(19(16)27)15-7-5-4-6-8-15/h9-10,13,15H,4-8,11-12H2,1-3H3,(H,23,26)(H,24,29). The summed E-state index contributed by atoms with van der Waals surface area (Å²) in [7, 11) is 0. The van der Waals surface area contributed by atoms with Crippen LogP contribution in [0.25, 0.3) is 0 Å². The van der Waals surface area contributed by atoms with Crippen molar-refractivity contribution in [1.29, 1.82) is 0 Å². The van der Waals surface area contributed by atoms with Crippen LogP contribution in [0.1, 0.15) is 83.9 Å². The largest absolute Gasteiger partial charge is 0.354 e. The molecule has 29 heavy (non-hydrogen) atoms. The lowest BCUT2D eigenvalue weighted by molar-refractivity contribution is -0.128. The fraction of sp³-hybridized carbons (Fsp3) is 0.545. The van der Waals surface area contributed by atoms with Crippen molar-refractivity contribution in [2.45, 2.75) is 58.9 Å². The molecule has 0 unspecified atom stereocenters. The van der Waals surface area contributed by atoms with E-state index in [1.54, 1.807) is 12.1 Å². The highest BCUT2D eigenvalue weighted by Crippen LogP contribution is 2.31. The zero-order chi connectivity index (χ0) is 21.2. The maximum atomic E-state index is 12.8. The first-order valence-corrected chi connectivity index (χ1v) is 10.3. The van der Waals surface area contributed by atoms with Crippen LogP contribution < -0.4 is 10.6 Å². The number of fused-ring (bicyclic) bond motifs is 1. The second-order valence-corrected chi connectivity index (χ2v) is 8.79. The van der Waals surface area contributed by atoms with E-state index in [9.17, 15) is 19.2 Å². The zero-order valence-electron chi connectivity index (χ0n) is 17.3. The number of hydrogen-bond acceptors (Lipinski definition) is 4. The van der Waals surface area contributed by atoms with Gasteiger partial charge >= 0.3 is 0 Å². The Morgan fingerprint density at radius 3 is 2.24 bits per heavy atom. The summed E-state index contributed by atoms with van der Waals surface area (Å²) in [6, 6.07) is 4.59. The molecule has 2 N–H and O–H groups in total. The first-order chi connectivity index (χ1) is 13.7. The minimum absolute atomic E-state index is 0.0418. The number of rotatable bonds is 5. The van der Waals surface area contributed by atoms with E-state index in [1.807, 2.05) is 20.8 Å². The molecule has 4 amide bonds. The molecule has 1 saturated carbocycles. The van der Waals surface area contributed by atoms with Gasteiger partial charge in [0.05, 0.1) is 11.1 Å². The van der Waals surface area contributed by atoms with E-state index in [4.69, 9.17) is 0 Å². The van der Waals surface area contributed by atoms with E-state index in [0.717, 1.165) is 32.1 Å². The molecule has 0 radical (unpaired) electrons. The molecular formula is C22H29N3O4. The third kappa shape index (κ3) is 4.49. The van der Waals surface area contributed by atoms with Crippen LogP contribution in [0.5, 0.6) is 0 Å². The van der Waals surface area contributed by atoms with Crippen molar-refractivity contribution in [3.05, 3.63) is 34.9 Å². The van der Waals surface area contributed by atoms with Gasteiger partial charge in [0.2, 0.25) is 5.91 Å². The molecule has 0 spiro atoms. The molecule has 1 aliphatic carbocycles. The Morgan fingerprint density at radius 1 is 0.966 bits per heavy atom. The van der Waals surface area contributed by atoms with E-state index >= 15 is 0 Å². The number of nitrogens with one attached hydrogen (secondary N) is 2. The van der Waals surface area contributed by atoms with Gasteiger partial charge in [-0.25, -0.2) is 0 Å². The molecule has 156 valence electrons. The van der Waals surface area contributed by atoms with Crippen LogP contribution in [0, 0.1) is 5.41 Å². The van der Waals surface area contributed by atoms with Gasteiger partial charge in [-0.1, -0.05) is 40.0 Å². The van der Waals surface area contributed by atoms with E-state index < -0.39 is 5.41 Å². The van der Waals surface area contributed by atoms with Crippen molar-refractivity contribution in [3.63, 3.8) is 0 Å². The Kier molecular flexibility index (Phi) is 6.05. The Labute approximate surface area is 171 Å². The summed E-state index contributed by atoms with van der Waals surface area (Å²) in [6.45, 7) is 6.06. The second kappa shape index (κ2) is 8.35. The molecular weight excluding hydrogens is 370 g/mol. The highest BCUT2D eigenvalue weighted by molar-refractivity contribution is 6.22. The van der Waals surface area contributed by atoms with Crippen molar-refractivity contribution in [2.75, 3.05) is 13.1 Å². The topological polar surface area (TPSA) is 95.6 Å². The molecule has 0 aromatic heterocycles. The summed E-state index contributed by atoms with van der Waals surface area (Å²) in [6.07, 6.45) is 4.88. The number of amides is 4. The Balaban J connectivity index is 1.62. The maximum absolute atomic E-state index is 12.8. The van der Waals surface area contributed by atoms with Gasteiger partial charge in [-0.15, -0.1) is 0 Å². The normalized spacial score (nSPS) is 17.3. The highest BCUT2D eigenvalue weighted by Gasteiger charge is 2.40. The lowest BCUT2D eigenvalue weighted by atomic mass is 9.94. The molecule has 0 bridgehead atoms. The number of benzene rings is 1. The quantitative estimate of drug-likeness (QED) is 0.587.